The third kappa shape index (κ3) is 4.74. The van der Waals surface area contributed by atoms with E-state index < -0.39 is 0 Å². The molecule has 1 unspecified atom stereocenters. The van der Waals surface area contributed by atoms with Crippen molar-refractivity contribution in [2.24, 2.45) is 5.92 Å². The lowest BCUT2D eigenvalue weighted by atomic mass is 10.1. The number of halogens is 1. The molecule has 0 spiro atoms. The van der Waals surface area contributed by atoms with Crippen LogP contribution in [0.4, 0.5) is 4.39 Å². The summed E-state index contributed by atoms with van der Waals surface area (Å²) in [7, 11) is 0. The monoisotopic (exact) mass is 390 g/mol. The molecule has 1 N–H and O–H groups in total. The molecule has 0 aliphatic carbocycles. The Morgan fingerprint density at radius 2 is 2.08 bits per heavy atom. The van der Waals surface area contributed by atoms with Gasteiger partial charge >= 0.3 is 0 Å². The highest BCUT2D eigenvalue weighted by atomic mass is 32.2. The third-order valence-electron chi connectivity index (χ3n) is 3.73. The maximum atomic E-state index is 13.1. The number of hydrogen-bond donors (Lipinski definition) is 1. The lowest BCUT2D eigenvalue weighted by Gasteiger charge is -2.18. The maximum Gasteiger partial charge on any atom is 0.234 e. The number of thiazole rings is 1. The van der Waals surface area contributed by atoms with Gasteiger partial charge in [-0.05, 0) is 42.3 Å². The van der Waals surface area contributed by atoms with Crippen molar-refractivity contribution in [3.63, 3.8) is 0 Å². The van der Waals surface area contributed by atoms with E-state index in [1.54, 1.807) is 24.5 Å². The quantitative estimate of drug-likeness (QED) is 0.579. The molecule has 4 nitrogen and oxygen atoms in total. The fraction of sp³-hybridized carbons (Fsp3) is 0.263. The van der Waals surface area contributed by atoms with Crippen LogP contribution in [0.1, 0.15) is 19.6 Å². The third-order valence-corrected chi connectivity index (χ3v) is 6.25. The average Bonchev–Trinajstić information content (AvgIpc) is 3.30. The van der Waals surface area contributed by atoms with Crippen LogP contribution >= 0.6 is 23.1 Å². The van der Waals surface area contributed by atoms with Crippen LogP contribution in [0.5, 0.6) is 0 Å². The molecule has 0 bridgehead atoms. The van der Waals surface area contributed by atoms with Crippen LogP contribution in [0.2, 0.25) is 0 Å². The van der Waals surface area contributed by atoms with Gasteiger partial charge in [0.2, 0.25) is 5.91 Å². The lowest BCUT2D eigenvalue weighted by Crippen LogP contribution is -2.35. The number of furan rings is 1. The summed E-state index contributed by atoms with van der Waals surface area (Å²) in [5, 5.41) is 4.58. The Kier molecular flexibility index (Phi) is 6.11. The molecule has 0 aliphatic rings. The Morgan fingerprint density at radius 3 is 2.73 bits per heavy atom. The molecule has 1 aromatic carbocycles. The van der Waals surface area contributed by atoms with Crippen molar-refractivity contribution >= 4 is 29.0 Å². The van der Waals surface area contributed by atoms with Crippen LogP contribution in [0.3, 0.4) is 0 Å². The number of aromatic nitrogens is 1. The maximum absolute atomic E-state index is 13.1. The zero-order valence-electron chi connectivity index (χ0n) is 14.4. The second-order valence-corrected chi connectivity index (χ2v) is 8.33. The molecule has 0 aliphatic heterocycles. The van der Waals surface area contributed by atoms with E-state index in [2.05, 4.69) is 10.3 Å². The Morgan fingerprint density at radius 1 is 1.31 bits per heavy atom. The Bertz CT molecular complexity index is 845. The normalized spacial score (nSPS) is 12.3. The largest absolute Gasteiger partial charge is 0.467 e. The second-order valence-electron chi connectivity index (χ2n) is 6.09. The van der Waals surface area contributed by atoms with Gasteiger partial charge in [0.15, 0.2) is 4.34 Å². The summed E-state index contributed by atoms with van der Waals surface area (Å²) in [6.45, 7) is 4.39. The number of rotatable bonds is 7. The van der Waals surface area contributed by atoms with Gasteiger partial charge in [-0.25, -0.2) is 9.37 Å². The summed E-state index contributed by atoms with van der Waals surface area (Å²) in [6.07, 6.45) is 1.59. The van der Waals surface area contributed by atoms with Gasteiger partial charge in [-0.2, -0.15) is 0 Å². The second kappa shape index (κ2) is 8.51. The molecule has 1 atom stereocenters. The zero-order valence-corrected chi connectivity index (χ0v) is 16.1. The van der Waals surface area contributed by atoms with E-state index in [-0.39, 0.29) is 22.9 Å². The molecule has 2 heterocycles. The Balaban J connectivity index is 1.66. The van der Waals surface area contributed by atoms with Crippen LogP contribution in [-0.2, 0) is 11.3 Å². The van der Waals surface area contributed by atoms with Crippen molar-refractivity contribution in [1.82, 2.24) is 10.3 Å². The van der Waals surface area contributed by atoms with Gasteiger partial charge in [0, 0.05) is 10.9 Å². The molecule has 0 radical (unpaired) electrons. The van der Waals surface area contributed by atoms with Gasteiger partial charge in [-0.15, -0.1) is 11.3 Å². The fourth-order valence-corrected chi connectivity index (χ4v) is 4.41. The standard InChI is InChI=1S/C19H19FN2O2S2/c1-12(2)17(18(23)21-10-15-4-3-9-24-15)26-19-22-16(11-25-19)13-5-7-14(20)8-6-13/h3-9,11-12,17H,10H2,1-2H3,(H,21,23). The van der Waals surface area contributed by atoms with Crippen molar-refractivity contribution in [3.05, 3.63) is 59.6 Å². The van der Waals surface area contributed by atoms with Crippen LogP contribution in [0.25, 0.3) is 11.3 Å². The van der Waals surface area contributed by atoms with Gasteiger partial charge in [0.25, 0.3) is 0 Å². The summed E-state index contributed by atoms with van der Waals surface area (Å²) in [4.78, 5) is 17.1. The first-order chi connectivity index (χ1) is 12.5. The first-order valence-corrected chi connectivity index (χ1v) is 9.97. The summed E-state index contributed by atoms with van der Waals surface area (Å²) in [6, 6.07) is 9.86. The number of carbonyl (C=O) groups excluding carboxylic acids is 1. The topological polar surface area (TPSA) is 55.1 Å². The van der Waals surface area contributed by atoms with Crippen LogP contribution < -0.4 is 5.32 Å². The van der Waals surface area contributed by atoms with Crippen LogP contribution in [-0.4, -0.2) is 16.1 Å². The number of carbonyl (C=O) groups is 1. The predicted molar refractivity (Wildman–Crippen MR) is 103 cm³/mol. The molecular weight excluding hydrogens is 371 g/mol. The predicted octanol–water partition coefficient (Wildman–Crippen LogP) is 4.98. The number of amides is 1. The molecule has 3 rings (SSSR count). The number of benzene rings is 1. The molecule has 7 heteroatoms. The number of nitrogens with one attached hydrogen (secondary N) is 1. The molecule has 1 amide bonds. The average molecular weight is 391 g/mol. The van der Waals surface area contributed by atoms with Crippen LogP contribution in [0, 0.1) is 11.7 Å². The van der Waals surface area contributed by atoms with E-state index >= 15 is 0 Å². The van der Waals surface area contributed by atoms with Crippen molar-refractivity contribution in [2.45, 2.75) is 30.0 Å². The zero-order chi connectivity index (χ0) is 18.5. The van der Waals surface area contributed by atoms with Crippen molar-refractivity contribution in [1.29, 1.82) is 0 Å². The highest BCUT2D eigenvalue weighted by molar-refractivity contribution is 8.02. The molecule has 2 aromatic heterocycles. The molecule has 0 fully saturated rings. The summed E-state index contributed by atoms with van der Waals surface area (Å²) in [5.74, 6) is 0.556. The van der Waals surface area contributed by atoms with Crippen LogP contribution in [0.15, 0.2) is 56.8 Å². The highest BCUT2D eigenvalue weighted by Crippen LogP contribution is 2.33. The number of nitrogens with zero attached hydrogens (tertiary/aromatic N) is 1. The van der Waals surface area contributed by atoms with Crippen molar-refractivity contribution in [2.75, 3.05) is 0 Å². The van der Waals surface area contributed by atoms with Gasteiger partial charge in [-0.3, -0.25) is 4.79 Å². The fourth-order valence-electron chi connectivity index (χ4n) is 2.35. The molecule has 0 saturated carbocycles. The number of hydrogen-bond acceptors (Lipinski definition) is 5. The Hall–Kier alpha value is -2.12. The van der Waals surface area contributed by atoms with Gasteiger partial charge in [-0.1, -0.05) is 25.6 Å². The minimum absolute atomic E-state index is 0.0417. The van der Waals surface area contributed by atoms with Gasteiger partial charge in [0.05, 0.1) is 23.8 Å². The SMILES string of the molecule is CC(C)C(Sc1nc(-c2ccc(F)cc2)cs1)C(=O)NCc1ccco1. The molecule has 136 valence electrons. The Labute approximate surface area is 159 Å². The van der Waals surface area contributed by atoms with E-state index in [1.807, 2.05) is 25.3 Å². The van der Waals surface area contributed by atoms with E-state index in [4.69, 9.17) is 4.42 Å². The molecule has 3 aromatic rings. The van der Waals surface area contributed by atoms with E-state index in [0.717, 1.165) is 21.4 Å². The highest BCUT2D eigenvalue weighted by Gasteiger charge is 2.25. The smallest absolute Gasteiger partial charge is 0.234 e. The number of thioether (sulfide) groups is 1. The lowest BCUT2D eigenvalue weighted by molar-refractivity contribution is -0.121. The van der Waals surface area contributed by atoms with E-state index in [0.29, 0.717) is 6.54 Å². The van der Waals surface area contributed by atoms with Gasteiger partial charge < -0.3 is 9.73 Å². The van der Waals surface area contributed by atoms with E-state index in [9.17, 15) is 9.18 Å². The van der Waals surface area contributed by atoms with E-state index in [1.165, 1.54) is 35.2 Å². The van der Waals surface area contributed by atoms with Crippen molar-refractivity contribution in [3.8, 4) is 11.3 Å². The molecular formula is C19H19FN2O2S2. The van der Waals surface area contributed by atoms with Gasteiger partial charge in [0.1, 0.15) is 11.6 Å². The van der Waals surface area contributed by atoms with Crippen molar-refractivity contribution < 1.29 is 13.6 Å². The molecule has 26 heavy (non-hydrogen) atoms. The minimum atomic E-state index is -0.272. The molecule has 0 saturated heterocycles. The summed E-state index contributed by atoms with van der Waals surface area (Å²) in [5.41, 5.74) is 1.65. The summed E-state index contributed by atoms with van der Waals surface area (Å²) >= 11 is 2.94. The minimum Gasteiger partial charge on any atom is -0.467 e. The first kappa shape index (κ1) is 18.7. The first-order valence-electron chi connectivity index (χ1n) is 8.21. The summed E-state index contributed by atoms with van der Waals surface area (Å²) < 4.78 is 19.1.